The van der Waals surface area contributed by atoms with Crippen molar-refractivity contribution in [3.05, 3.63) is 57.0 Å². The first-order chi connectivity index (χ1) is 27.4. The van der Waals surface area contributed by atoms with Crippen LogP contribution in [0.25, 0.3) is 0 Å². The highest BCUT2D eigenvalue weighted by molar-refractivity contribution is 5.99. The molecular formula is C40H66N6O11. The number of aliphatic hydroxyl groups excluding tert-OH is 4. The maximum atomic E-state index is 14.3. The van der Waals surface area contributed by atoms with Gasteiger partial charge in [0.2, 0.25) is 5.91 Å². The first-order valence-corrected chi connectivity index (χ1v) is 20.7. The minimum Gasteiger partial charge on any atom is -0.387 e. The minimum absolute atomic E-state index is 0.0634. The van der Waals surface area contributed by atoms with E-state index in [-0.39, 0.29) is 18.8 Å². The molecule has 10 atom stereocenters. The number of H-pyrrole nitrogens is 1. The highest BCUT2D eigenvalue weighted by Crippen LogP contribution is 2.36. The second kappa shape index (κ2) is 23.4. The quantitative estimate of drug-likeness (QED) is 0.0598. The smallest absolute Gasteiger partial charge is 0.330 e. The van der Waals surface area contributed by atoms with Crippen LogP contribution in [0.15, 0.2) is 45.8 Å². The maximum absolute atomic E-state index is 14.3. The average molecular weight is 807 g/mol. The molecule has 1 aromatic rings. The zero-order chi connectivity index (χ0) is 41.5. The fourth-order valence-electron chi connectivity index (χ4n) is 7.61. The summed E-state index contributed by atoms with van der Waals surface area (Å²) in [6.07, 6.45) is 10.2. The number of amides is 2. The first-order valence-electron chi connectivity index (χ1n) is 20.7. The number of carbonyl (C=O) groups excluding carboxylic acids is 2. The summed E-state index contributed by atoms with van der Waals surface area (Å²) in [5.74, 6) is -1.09. The second-order valence-corrected chi connectivity index (χ2v) is 15.4. The molecule has 2 amide bonds. The third-order valence-corrected chi connectivity index (χ3v) is 11.1. The van der Waals surface area contributed by atoms with Gasteiger partial charge in [0.25, 0.3) is 11.5 Å². The van der Waals surface area contributed by atoms with Crippen LogP contribution < -0.4 is 22.3 Å². The van der Waals surface area contributed by atoms with Gasteiger partial charge in [-0.05, 0) is 45.2 Å². The fourth-order valence-corrected chi connectivity index (χ4v) is 7.61. The van der Waals surface area contributed by atoms with Crippen LogP contribution >= 0.6 is 0 Å². The van der Waals surface area contributed by atoms with Crippen molar-refractivity contribution in [3.63, 3.8) is 0 Å². The summed E-state index contributed by atoms with van der Waals surface area (Å²) in [5.41, 5.74) is 4.20. The average Bonchev–Trinajstić information content (AvgIpc) is 3.59. The van der Waals surface area contributed by atoms with Crippen LogP contribution in [0, 0.1) is 0 Å². The number of likely N-dealkylation sites (N-methyl/N-ethyl adjacent to an activating group) is 2. The number of carbonyl (C=O) groups is 2. The third-order valence-electron chi connectivity index (χ3n) is 11.1. The molecule has 0 bridgehead atoms. The fraction of sp³-hybridized carbons (Fsp3) is 0.750. The topological polar surface area (TPSA) is 242 Å². The van der Waals surface area contributed by atoms with E-state index in [0.717, 1.165) is 48.9 Å². The molecule has 0 spiro atoms. The van der Waals surface area contributed by atoms with Gasteiger partial charge in [0.1, 0.15) is 54.5 Å². The van der Waals surface area contributed by atoms with Gasteiger partial charge in [-0.1, -0.05) is 76.9 Å². The van der Waals surface area contributed by atoms with Crippen molar-refractivity contribution < 1.29 is 44.2 Å². The molecule has 57 heavy (non-hydrogen) atoms. The molecule has 1 aromatic heterocycles. The number of hydrogen-bond acceptors (Lipinski definition) is 13. The Labute approximate surface area is 334 Å². The van der Waals surface area contributed by atoms with Crippen LogP contribution in [0.4, 0.5) is 0 Å². The molecule has 2 saturated heterocycles. The molecule has 322 valence electrons. The van der Waals surface area contributed by atoms with E-state index in [2.05, 4.69) is 29.4 Å². The van der Waals surface area contributed by atoms with E-state index in [0.29, 0.717) is 6.54 Å². The Kier molecular flexibility index (Phi) is 19.0. The predicted molar refractivity (Wildman–Crippen MR) is 212 cm³/mol. The van der Waals surface area contributed by atoms with E-state index < -0.39 is 84.4 Å². The van der Waals surface area contributed by atoms with E-state index in [4.69, 9.17) is 19.9 Å². The molecule has 0 unspecified atom stereocenters. The third kappa shape index (κ3) is 12.6. The first kappa shape index (κ1) is 46.4. The number of unbranched alkanes of at least 4 members (excludes halogenated alkanes) is 12. The number of aromatic amines is 1. The second-order valence-electron chi connectivity index (χ2n) is 15.4. The highest BCUT2D eigenvalue weighted by atomic mass is 16.7. The van der Waals surface area contributed by atoms with Crippen molar-refractivity contribution in [2.75, 3.05) is 33.7 Å². The molecule has 4 rings (SSSR count). The highest BCUT2D eigenvalue weighted by Gasteiger charge is 2.55. The summed E-state index contributed by atoms with van der Waals surface area (Å²) in [6, 6.07) is -0.272. The SMILES string of the molecule is CCCCCCCC/C=C\CCCCCCCCNC(=O)C1=CCN(C)[C@@H]([C@H](O[C@@H]2O[C@H](CN)[C@@H](O)[C@H]2O)[C@H]2O[C@@H](n3ccc(=O)[nH]c3=O)[C@H](O)[C@@H]2O)C(=O)N1C. The number of aliphatic hydroxyl groups is 4. The summed E-state index contributed by atoms with van der Waals surface area (Å²) in [5, 5.41) is 46.6. The standard InChI is InChI=1S/C40H66N6O11/c1-4-5-6-7-8-9-10-11-12-13-14-15-16-17-18-19-22-42-36(52)26-20-23-44(2)29(37(53)45(26)3)34(57-39-33(51)30(48)27(25-41)55-39)35-31(49)32(50)38(56-35)46-24-21-28(47)43-40(46)54/h11-12,20-21,24,27,29-35,38-39,48-51H,4-10,13-19,22-23,25,41H2,1-3H3,(H,42,52)(H,43,47,54)/b12-11-/t27-,29+,30-,31+,32-,33-,34+,35+,38-,39+/m1/s1. The number of nitrogens with zero attached hydrogens (tertiary/aromatic N) is 3. The van der Waals surface area contributed by atoms with Gasteiger partial charge in [-0.15, -0.1) is 0 Å². The van der Waals surface area contributed by atoms with Crippen LogP contribution in [-0.4, -0.2) is 140 Å². The lowest BCUT2D eigenvalue weighted by Crippen LogP contribution is -2.59. The number of rotatable bonds is 23. The zero-order valence-electron chi connectivity index (χ0n) is 33.7. The van der Waals surface area contributed by atoms with E-state index in [9.17, 15) is 39.6 Å². The van der Waals surface area contributed by atoms with Gasteiger partial charge in [0.05, 0.1) is 0 Å². The Morgan fingerprint density at radius 1 is 0.912 bits per heavy atom. The zero-order valence-corrected chi connectivity index (χ0v) is 33.7. The summed E-state index contributed by atoms with van der Waals surface area (Å²) >= 11 is 0. The molecule has 0 aliphatic carbocycles. The molecule has 17 nitrogen and oxygen atoms in total. The summed E-state index contributed by atoms with van der Waals surface area (Å²) in [6.45, 7) is 2.57. The van der Waals surface area contributed by atoms with Crippen LogP contribution in [0.5, 0.6) is 0 Å². The lowest BCUT2D eigenvalue weighted by Gasteiger charge is -2.38. The van der Waals surface area contributed by atoms with Crippen molar-refractivity contribution in [2.24, 2.45) is 5.73 Å². The van der Waals surface area contributed by atoms with Crippen molar-refractivity contribution in [3.8, 4) is 0 Å². The van der Waals surface area contributed by atoms with Gasteiger partial charge >= 0.3 is 5.69 Å². The Morgan fingerprint density at radius 3 is 2.16 bits per heavy atom. The molecule has 0 radical (unpaired) electrons. The van der Waals surface area contributed by atoms with E-state index in [1.54, 1.807) is 18.0 Å². The molecule has 8 N–H and O–H groups in total. The Bertz CT molecular complexity index is 1580. The number of nitrogens with one attached hydrogen (secondary N) is 2. The summed E-state index contributed by atoms with van der Waals surface area (Å²) in [7, 11) is 3.02. The van der Waals surface area contributed by atoms with Crippen LogP contribution in [-0.2, 0) is 23.8 Å². The van der Waals surface area contributed by atoms with Gasteiger partial charge in [0, 0.05) is 38.9 Å². The van der Waals surface area contributed by atoms with Crippen LogP contribution in [0.2, 0.25) is 0 Å². The molecule has 2 fully saturated rings. The van der Waals surface area contributed by atoms with Crippen molar-refractivity contribution in [1.29, 1.82) is 0 Å². The number of hydrogen-bond donors (Lipinski definition) is 7. The summed E-state index contributed by atoms with van der Waals surface area (Å²) < 4.78 is 18.7. The number of ether oxygens (including phenoxy) is 3. The molecule has 3 aliphatic rings. The van der Waals surface area contributed by atoms with Gasteiger partial charge in [-0.2, -0.15) is 0 Å². The monoisotopic (exact) mass is 806 g/mol. The molecule has 3 aliphatic heterocycles. The lowest BCUT2D eigenvalue weighted by atomic mass is 9.97. The molecule has 0 aromatic carbocycles. The van der Waals surface area contributed by atoms with Gasteiger partial charge in [0.15, 0.2) is 12.5 Å². The van der Waals surface area contributed by atoms with Crippen molar-refractivity contribution in [2.45, 2.75) is 158 Å². The van der Waals surface area contributed by atoms with Crippen LogP contribution in [0.1, 0.15) is 103 Å². The summed E-state index contributed by atoms with van der Waals surface area (Å²) in [4.78, 5) is 56.8. The van der Waals surface area contributed by atoms with E-state index >= 15 is 0 Å². The van der Waals surface area contributed by atoms with Gasteiger partial charge in [-0.25, -0.2) is 4.79 Å². The Morgan fingerprint density at radius 2 is 1.54 bits per heavy atom. The molecule has 4 heterocycles. The van der Waals surface area contributed by atoms with Crippen molar-refractivity contribution >= 4 is 11.8 Å². The lowest BCUT2D eigenvalue weighted by molar-refractivity contribution is -0.232. The largest absolute Gasteiger partial charge is 0.387 e. The molecular weight excluding hydrogens is 740 g/mol. The predicted octanol–water partition coefficient (Wildman–Crippen LogP) is 0.756. The number of aromatic nitrogens is 2. The Balaban J connectivity index is 1.32. The molecule has 0 saturated carbocycles. The van der Waals surface area contributed by atoms with Gasteiger partial charge < -0.3 is 50.6 Å². The van der Waals surface area contributed by atoms with E-state index in [1.165, 1.54) is 69.7 Å². The van der Waals surface area contributed by atoms with Crippen molar-refractivity contribution in [1.82, 2.24) is 24.7 Å². The number of allylic oxidation sites excluding steroid dienone is 2. The maximum Gasteiger partial charge on any atom is 0.330 e. The van der Waals surface area contributed by atoms with Gasteiger partial charge in [-0.3, -0.25) is 28.8 Å². The van der Waals surface area contributed by atoms with Crippen LogP contribution in [0.3, 0.4) is 0 Å². The normalized spacial score (nSPS) is 28.9. The molecule has 17 heteroatoms. The Hall–Kier alpha value is -3.26. The number of nitrogens with two attached hydrogens (primary N) is 1. The minimum atomic E-state index is -1.75. The van der Waals surface area contributed by atoms with E-state index in [1.807, 2.05) is 0 Å².